The summed E-state index contributed by atoms with van der Waals surface area (Å²) < 4.78 is 1.79. The van der Waals surface area contributed by atoms with Gasteiger partial charge in [0.1, 0.15) is 12.6 Å². The second-order valence-corrected chi connectivity index (χ2v) is 8.62. The Morgan fingerprint density at radius 3 is 2.38 bits per heavy atom. The number of fused-ring (bicyclic) bond motifs is 2. The molecule has 1 amide bonds. The van der Waals surface area contributed by atoms with Crippen molar-refractivity contribution in [2.75, 3.05) is 18.0 Å². The number of amides is 1. The third-order valence-electron chi connectivity index (χ3n) is 6.57. The lowest BCUT2D eigenvalue weighted by atomic mass is 9.99. The number of aromatic nitrogens is 4. The molecule has 0 radical (unpaired) electrons. The molecule has 3 heterocycles. The maximum absolute atomic E-state index is 13.5. The molecule has 168 valence electrons. The standard InChI is InChI=1S/C27H24N6O/c34-26(31-16-15-20-9-7-8-14-23(20)18-31)19-32-24(21-10-3-1-4-11-21)17-25(22-12-5-2-6-13-22)33-27(32)28-29-30-33/h1-14,17,25H,15-16,18-19H2/t25-/m0/s1. The molecule has 34 heavy (non-hydrogen) atoms. The largest absolute Gasteiger partial charge is 0.336 e. The van der Waals surface area contributed by atoms with Crippen LogP contribution in [0.3, 0.4) is 0 Å². The van der Waals surface area contributed by atoms with Gasteiger partial charge in [-0.05, 0) is 45.2 Å². The molecule has 3 aromatic carbocycles. The summed E-state index contributed by atoms with van der Waals surface area (Å²) in [5.74, 6) is 0.630. The number of tetrazole rings is 1. The van der Waals surface area contributed by atoms with Crippen LogP contribution in [0.25, 0.3) is 5.70 Å². The van der Waals surface area contributed by atoms with Gasteiger partial charge >= 0.3 is 0 Å². The summed E-state index contributed by atoms with van der Waals surface area (Å²) in [6, 6.07) is 28.5. The lowest BCUT2D eigenvalue weighted by Crippen LogP contribution is -2.44. The Morgan fingerprint density at radius 1 is 0.882 bits per heavy atom. The molecule has 0 saturated carbocycles. The fourth-order valence-corrected chi connectivity index (χ4v) is 4.81. The molecule has 0 fully saturated rings. The smallest absolute Gasteiger partial charge is 0.251 e. The third-order valence-corrected chi connectivity index (χ3v) is 6.57. The summed E-state index contributed by atoms with van der Waals surface area (Å²) in [6.45, 7) is 1.52. The molecular weight excluding hydrogens is 424 g/mol. The van der Waals surface area contributed by atoms with Gasteiger partial charge in [-0.15, -0.1) is 0 Å². The van der Waals surface area contributed by atoms with Gasteiger partial charge in [0.2, 0.25) is 5.91 Å². The molecule has 0 aliphatic carbocycles. The van der Waals surface area contributed by atoms with Gasteiger partial charge in [0.05, 0.1) is 5.70 Å². The first kappa shape index (κ1) is 20.4. The predicted molar refractivity (Wildman–Crippen MR) is 130 cm³/mol. The summed E-state index contributed by atoms with van der Waals surface area (Å²) in [5.41, 5.74) is 5.58. The van der Waals surface area contributed by atoms with E-state index in [1.54, 1.807) is 4.68 Å². The summed E-state index contributed by atoms with van der Waals surface area (Å²) in [7, 11) is 0. The van der Waals surface area contributed by atoms with Gasteiger partial charge in [0.25, 0.3) is 5.95 Å². The summed E-state index contributed by atoms with van der Waals surface area (Å²) in [5, 5.41) is 12.6. The Hall–Kier alpha value is -4.26. The minimum Gasteiger partial charge on any atom is -0.336 e. The maximum Gasteiger partial charge on any atom is 0.251 e. The Bertz CT molecular complexity index is 1350. The second kappa shape index (κ2) is 8.59. The van der Waals surface area contributed by atoms with Gasteiger partial charge in [-0.2, -0.15) is 4.68 Å². The zero-order valence-electron chi connectivity index (χ0n) is 18.7. The van der Waals surface area contributed by atoms with Crippen LogP contribution in [0.1, 0.15) is 28.3 Å². The molecule has 0 unspecified atom stereocenters. The second-order valence-electron chi connectivity index (χ2n) is 8.62. The summed E-state index contributed by atoms with van der Waals surface area (Å²) >= 11 is 0. The molecule has 7 heteroatoms. The Balaban J connectivity index is 1.36. The number of carbonyl (C=O) groups is 1. The van der Waals surface area contributed by atoms with Crippen LogP contribution in [-0.2, 0) is 17.8 Å². The minimum absolute atomic E-state index is 0.0593. The van der Waals surface area contributed by atoms with Crippen molar-refractivity contribution in [2.24, 2.45) is 0 Å². The molecule has 2 aliphatic heterocycles. The number of hydrogen-bond acceptors (Lipinski definition) is 5. The van der Waals surface area contributed by atoms with Crippen molar-refractivity contribution in [3.05, 3.63) is 113 Å². The Labute approximate surface area is 197 Å². The number of carbonyl (C=O) groups excluding carboxylic acids is 1. The summed E-state index contributed by atoms with van der Waals surface area (Å²) in [6.07, 6.45) is 3.02. The molecule has 0 saturated heterocycles. The van der Waals surface area contributed by atoms with Gasteiger partial charge in [-0.3, -0.25) is 9.69 Å². The zero-order chi connectivity index (χ0) is 22.9. The molecular formula is C27H24N6O. The summed E-state index contributed by atoms with van der Waals surface area (Å²) in [4.78, 5) is 17.4. The Kier molecular flexibility index (Phi) is 5.14. The van der Waals surface area contributed by atoms with Gasteiger partial charge in [-0.1, -0.05) is 90.0 Å². The van der Waals surface area contributed by atoms with Crippen molar-refractivity contribution in [3.63, 3.8) is 0 Å². The number of allylic oxidation sites excluding steroid dienone is 1. The van der Waals surface area contributed by atoms with E-state index in [4.69, 9.17) is 0 Å². The SMILES string of the molecule is O=C(CN1C(c2ccccc2)=C[C@@H](c2ccccc2)n2nnnc21)N1CCc2ccccc2C1. The maximum atomic E-state index is 13.5. The topological polar surface area (TPSA) is 67.2 Å². The van der Waals surface area contributed by atoms with Crippen molar-refractivity contribution >= 4 is 17.6 Å². The highest BCUT2D eigenvalue weighted by atomic mass is 16.2. The molecule has 2 aliphatic rings. The first-order valence-corrected chi connectivity index (χ1v) is 11.5. The number of rotatable bonds is 4. The van der Waals surface area contributed by atoms with E-state index < -0.39 is 0 Å². The normalized spacial score (nSPS) is 17.1. The van der Waals surface area contributed by atoms with E-state index in [2.05, 4.69) is 64.1 Å². The van der Waals surface area contributed by atoms with E-state index >= 15 is 0 Å². The zero-order valence-corrected chi connectivity index (χ0v) is 18.7. The molecule has 0 bridgehead atoms. The number of nitrogens with zero attached hydrogens (tertiary/aromatic N) is 6. The monoisotopic (exact) mass is 448 g/mol. The lowest BCUT2D eigenvalue weighted by Gasteiger charge is -2.35. The van der Waals surface area contributed by atoms with Crippen molar-refractivity contribution in [1.82, 2.24) is 25.1 Å². The minimum atomic E-state index is -0.158. The van der Waals surface area contributed by atoms with Gasteiger partial charge in [0.15, 0.2) is 0 Å². The number of hydrogen-bond donors (Lipinski definition) is 0. The highest BCUT2D eigenvalue weighted by molar-refractivity contribution is 5.89. The van der Waals surface area contributed by atoms with E-state index in [0.29, 0.717) is 19.0 Å². The van der Waals surface area contributed by atoms with Crippen LogP contribution < -0.4 is 4.90 Å². The highest BCUT2D eigenvalue weighted by Gasteiger charge is 2.33. The molecule has 0 N–H and O–H groups in total. The average molecular weight is 449 g/mol. The fraction of sp³-hybridized carbons (Fsp3) is 0.185. The first-order chi connectivity index (χ1) is 16.8. The highest BCUT2D eigenvalue weighted by Crippen LogP contribution is 2.36. The van der Waals surface area contributed by atoms with Gasteiger partial charge in [-0.25, -0.2) is 0 Å². The number of anilines is 1. The van der Waals surface area contributed by atoms with Crippen LogP contribution in [0.15, 0.2) is 91.0 Å². The molecule has 1 atom stereocenters. The molecule has 0 spiro atoms. The van der Waals surface area contributed by atoms with Crippen LogP contribution in [0.2, 0.25) is 0 Å². The van der Waals surface area contributed by atoms with E-state index in [-0.39, 0.29) is 18.5 Å². The van der Waals surface area contributed by atoms with Crippen molar-refractivity contribution in [3.8, 4) is 0 Å². The van der Waals surface area contributed by atoms with Gasteiger partial charge < -0.3 is 4.90 Å². The van der Waals surface area contributed by atoms with Gasteiger partial charge in [0, 0.05) is 13.1 Å². The number of benzene rings is 3. The molecule has 4 aromatic rings. The van der Waals surface area contributed by atoms with Crippen LogP contribution in [0.5, 0.6) is 0 Å². The van der Waals surface area contributed by atoms with Crippen LogP contribution >= 0.6 is 0 Å². The molecule has 6 rings (SSSR count). The first-order valence-electron chi connectivity index (χ1n) is 11.5. The molecule has 7 nitrogen and oxygen atoms in total. The van der Waals surface area contributed by atoms with E-state index in [1.165, 1.54) is 11.1 Å². The lowest BCUT2D eigenvalue weighted by molar-refractivity contribution is -0.130. The van der Waals surface area contributed by atoms with Crippen molar-refractivity contribution < 1.29 is 4.79 Å². The predicted octanol–water partition coefficient (Wildman–Crippen LogP) is 3.71. The van der Waals surface area contributed by atoms with Crippen LogP contribution in [0.4, 0.5) is 5.95 Å². The van der Waals surface area contributed by atoms with Crippen LogP contribution in [0, 0.1) is 0 Å². The quantitative estimate of drug-likeness (QED) is 0.476. The van der Waals surface area contributed by atoms with E-state index in [0.717, 1.165) is 23.2 Å². The fourth-order valence-electron chi connectivity index (χ4n) is 4.81. The average Bonchev–Trinajstić information content (AvgIpc) is 3.40. The van der Waals surface area contributed by atoms with E-state index in [9.17, 15) is 4.79 Å². The third kappa shape index (κ3) is 3.65. The Morgan fingerprint density at radius 2 is 1.59 bits per heavy atom. The van der Waals surface area contributed by atoms with Crippen molar-refractivity contribution in [1.29, 1.82) is 0 Å². The van der Waals surface area contributed by atoms with Crippen molar-refractivity contribution in [2.45, 2.75) is 19.0 Å². The molecule has 1 aromatic heterocycles. The van der Waals surface area contributed by atoms with Crippen LogP contribution in [-0.4, -0.2) is 44.1 Å². The van der Waals surface area contributed by atoms with E-state index in [1.807, 2.05) is 52.3 Å².